The molecule has 1 saturated heterocycles. The molecule has 1 aliphatic heterocycles. The average Bonchev–Trinajstić information content (AvgIpc) is 3.18. The molecule has 1 aromatic carbocycles. The summed E-state index contributed by atoms with van der Waals surface area (Å²) < 4.78 is 30.3. The Morgan fingerprint density at radius 3 is 2.50 bits per heavy atom. The zero-order valence-corrected chi connectivity index (χ0v) is 21.0. The first-order valence-electron chi connectivity index (χ1n) is 12.3. The van der Waals surface area contributed by atoms with Gasteiger partial charge in [-0.25, -0.2) is 18.1 Å². The molecule has 34 heavy (non-hydrogen) atoms. The maximum absolute atomic E-state index is 13.4. The fourth-order valence-electron chi connectivity index (χ4n) is 5.41. The summed E-state index contributed by atoms with van der Waals surface area (Å²) >= 11 is 0. The van der Waals surface area contributed by atoms with Gasteiger partial charge in [0.2, 0.25) is 10.0 Å². The molecule has 0 bridgehead atoms. The van der Waals surface area contributed by atoms with Crippen molar-refractivity contribution in [1.82, 2.24) is 24.1 Å². The number of piperidine rings is 1. The van der Waals surface area contributed by atoms with Crippen LogP contribution in [0.5, 0.6) is 0 Å². The Kier molecular flexibility index (Phi) is 6.10. The number of H-pyrrole nitrogens is 1. The number of nitrogens with one attached hydrogen (secondary N) is 1. The quantitative estimate of drug-likeness (QED) is 0.602. The normalized spacial score (nSPS) is 20.7. The minimum absolute atomic E-state index is 0.165. The molecule has 3 heterocycles. The molecule has 0 radical (unpaired) electrons. The van der Waals surface area contributed by atoms with E-state index in [2.05, 4.69) is 4.98 Å². The molecule has 8 nitrogen and oxygen atoms in total. The highest BCUT2D eigenvalue weighted by Gasteiger charge is 2.33. The van der Waals surface area contributed by atoms with E-state index >= 15 is 0 Å². The highest BCUT2D eigenvalue weighted by atomic mass is 32.2. The number of aryl methyl sites for hydroxylation is 3. The van der Waals surface area contributed by atoms with Crippen molar-refractivity contribution in [2.75, 3.05) is 13.1 Å². The number of hydrogen-bond acceptors (Lipinski definition) is 5. The Bertz CT molecular complexity index is 1390. The lowest BCUT2D eigenvalue weighted by atomic mass is 9.95. The zero-order valence-electron chi connectivity index (χ0n) is 20.2. The van der Waals surface area contributed by atoms with Crippen LogP contribution in [0.4, 0.5) is 0 Å². The predicted octanol–water partition coefficient (Wildman–Crippen LogP) is 4.12. The van der Waals surface area contributed by atoms with Gasteiger partial charge < -0.3 is 4.98 Å². The van der Waals surface area contributed by atoms with Gasteiger partial charge in [0.1, 0.15) is 11.2 Å². The standard InChI is InChI=1S/C25H33N5O3S/c1-16-11-12-21(14-17(16)2)34(32,33)29-13-7-8-19(15-29)23-26-24-22(25(31)27-23)18(3)28-30(24)20-9-5-4-6-10-20/h11-12,14,19-20H,4-10,13,15H2,1-3H3,(H,26,27,31). The van der Waals surface area contributed by atoms with Crippen molar-refractivity contribution in [3.63, 3.8) is 0 Å². The van der Waals surface area contributed by atoms with Gasteiger partial charge in [-0.3, -0.25) is 4.79 Å². The molecule has 5 rings (SSSR count). The van der Waals surface area contributed by atoms with Gasteiger partial charge in [0.05, 0.1) is 16.6 Å². The summed E-state index contributed by atoms with van der Waals surface area (Å²) in [6, 6.07) is 5.54. The second-order valence-electron chi connectivity index (χ2n) is 9.92. The van der Waals surface area contributed by atoms with E-state index in [9.17, 15) is 13.2 Å². The van der Waals surface area contributed by atoms with E-state index in [1.807, 2.05) is 31.5 Å². The number of nitrogens with zero attached hydrogens (tertiary/aromatic N) is 4. The first-order chi connectivity index (χ1) is 16.3. The van der Waals surface area contributed by atoms with E-state index in [0.717, 1.165) is 49.7 Å². The Morgan fingerprint density at radius 2 is 1.76 bits per heavy atom. The second kappa shape index (κ2) is 8.92. The lowest BCUT2D eigenvalue weighted by Gasteiger charge is -2.31. The molecule has 0 spiro atoms. The molecule has 1 atom stereocenters. The van der Waals surface area contributed by atoms with Crippen LogP contribution in [0.25, 0.3) is 11.0 Å². The van der Waals surface area contributed by atoms with E-state index in [4.69, 9.17) is 10.1 Å². The van der Waals surface area contributed by atoms with Gasteiger partial charge >= 0.3 is 0 Å². The van der Waals surface area contributed by atoms with Crippen LogP contribution in [-0.2, 0) is 10.0 Å². The number of rotatable bonds is 4. The van der Waals surface area contributed by atoms with Crippen LogP contribution in [0.15, 0.2) is 27.9 Å². The molecule has 1 unspecified atom stereocenters. The van der Waals surface area contributed by atoms with Crippen molar-refractivity contribution in [1.29, 1.82) is 0 Å². The van der Waals surface area contributed by atoms with Gasteiger partial charge in [-0.15, -0.1) is 0 Å². The van der Waals surface area contributed by atoms with E-state index in [0.29, 0.717) is 40.5 Å². The molecule has 1 saturated carbocycles. The van der Waals surface area contributed by atoms with E-state index in [1.165, 1.54) is 6.42 Å². The van der Waals surface area contributed by atoms with Crippen molar-refractivity contribution in [2.24, 2.45) is 0 Å². The third kappa shape index (κ3) is 4.09. The van der Waals surface area contributed by atoms with Crippen LogP contribution in [0.1, 0.15) is 79.6 Å². The lowest BCUT2D eigenvalue weighted by molar-refractivity contribution is 0.308. The van der Waals surface area contributed by atoms with E-state index in [-0.39, 0.29) is 17.5 Å². The van der Waals surface area contributed by atoms with Crippen LogP contribution in [0.2, 0.25) is 0 Å². The van der Waals surface area contributed by atoms with Crippen molar-refractivity contribution in [3.05, 3.63) is 51.2 Å². The van der Waals surface area contributed by atoms with Gasteiger partial charge in [0.15, 0.2) is 5.65 Å². The van der Waals surface area contributed by atoms with Crippen LogP contribution in [-0.4, -0.2) is 45.6 Å². The Labute approximate surface area is 200 Å². The first kappa shape index (κ1) is 23.2. The second-order valence-corrected chi connectivity index (χ2v) is 11.9. The summed E-state index contributed by atoms with van der Waals surface area (Å²) in [6.07, 6.45) is 7.16. The zero-order chi connectivity index (χ0) is 24.0. The highest BCUT2D eigenvalue weighted by molar-refractivity contribution is 7.89. The maximum Gasteiger partial charge on any atom is 0.262 e. The van der Waals surface area contributed by atoms with Crippen LogP contribution < -0.4 is 5.56 Å². The number of sulfonamides is 1. The maximum atomic E-state index is 13.4. The van der Waals surface area contributed by atoms with Crippen LogP contribution in [0.3, 0.4) is 0 Å². The van der Waals surface area contributed by atoms with Crippen LogP contribution >= 0.6 is 0 Å². The Balaban J connectivity index is 1.48. The Hall–Kier alpha value is -2.52. The minimum Gasteiger partial charge on any atom is -0.310 e. The van der Waals surface area contributed by atoms with Gasteiger partial charge in [-0.05, 0) is 69.7 Å². The third-order valence-electron chi connectivity index (χ3n) is 7.56. The molecule has 2 aromatic heterocycles. The molecule has 3 aromatic rings. The van der Waals surface area contributed by atoms with Crippen LogP contribution in [0, 0.1) is 20.8 Å². The number of aromatic amines is 1. The number of hydrogen-bond donors (Lipinski definition) is 1. The number of benzene rings is 1. The topological polar surface area (TPSA) is 101 Å². The molecule has 0 amide bonds. The summed E-state index contributed by atoms with van der Waals surface area (Å²) in [4.78, 5) is 21.2. The summed E-state index contributed by atoms with van der Waals surface area (Å²) in [6.45, 7) is 6.53. The first-order valence-corrected chi connectivity index (χ1v) is 13.8. The van der Waals surface area contributed by atoms with Crippen molar-refractivity contribution >= 4 is 21.1 Å². The number of aromatic nitrogens is 4. The minimum atomic E-state index is -3.62. The summed E-state index contributed by atoms with van der Waals surface area (Å²) in [5, 5.41) is 5.24. The third-order valence-corrected chi connectivity index (χ3v) is 9.42. The largest absolute Gasteiger partial charge is 0.310 e. The van der Waals surface area contributed by atoms with E-state index in [1.54, 1.807) is 16.4 Å². The van der Waals surface area contributed by atoms with Crippen molar-refractivity contribution in [3.8, 4) is 0 Å². The molecule has 1 aliphatic carbocycles. The summed E-state index contributed by atoms with van der Waals surface area (Å²) in [7, 11) is -3.62. The molecule has 9 heteroatoms. The van der Waals surface area contributed by atoms with Gasteiger partial charge in [0, 0.05) is 19.0 Å². The lowest BCUT2D eigenvalue weighted by Crippen LogP contribution is -2.40. The van der Waals surface area contributed by atoms with Gasteiger partial charge in [-0.1, -0.05) is 25.3 Å². The Morgan fingerprint density at radius 1 is 1.00 bits per heavy atom. The molecule has 2 aliphatic rings. The summed E-state index contributed by atoms with van der Waals surface area (Å²) in [5.41, 5.74) is 3.17. The SMILES string of the molecule is Cc1ccc(S(=O)(=O)N2CCCC(c3nc4c(c(C)nn4C4CCCCC4)c(=O)[nH]3)C2)cc1C. The highest BCUT2D eigenvalue weighted by Crippen LogP contribution is 2.32. The molecular weight excluding hydrogens is 450 g/mol. The van der Waals surface area contributed by atoms with Crippen molar-refractivity contribution in [2.45, 2.75) is 82.6 Å². The van der Waals surface area contributed by atoms with Crippen molar-refractivity contribution < 1.29 is 8.42 Å². The predicted molar refractivity (Wildman–Crippen MR) is 132 cm³/mol. The fourth-order valence-corrected chi connectivity index (χ4v) is 7.02. The monoisotopic (exact) mass is 483 g/mol. The van der Waals surface area contributed by atoms with Gasteiger partial charge in [0.25, 0.3) is 5.56 Å². The summed E-state index contributed by atoms with van der Waals surface area (Å²) in [5.74, 6) is 0.400. The molecule has 1 N–H and O–H groups in total. The smallest absolute Gasteiger partial charge is 0.262 e. The van der Waals surface area contributed by atoms with E-state index < -0.39 is 10.0 Å². The average molecular weight is 484 g/mol. The molecule has 182 valence electrons. The number of fused-ring (bicyclic) bond motifs is 1. The fraction of sp³-hybridized carbons (Fsp3) is 0.560. The van der Waals surface area contributed by atoms with Gasteiger partial charge in [-0.2, -0.15) is 9.40 Å². The molecular formula is C25H33N5O3S. The molecule has 2 fully saturated rings.